The highest BCUT2D eigenvalue weighted by atomic mass is 16.3. The number of rotatable bonds is 12. The van der Waals surface area contributed by atoms with E-state index >= 15 is 0 Å². The SMILES string of the molecule is C#CCN(N)c1c(C=C)cccc1CN1C[C@H]2N(C(=O)CN2N(CC=C)C(=O)NCc2ccccc2)[C@@H](Cc2ccc(O)cc2)C1=O. The molecular formula is C36H39N7O4. The number of urea groups is 1. The normalized spacial score (nSPS) is 17.5. The van der Waals surface area contributed by atoms with E-state index in [9.17, 15) is 19.5 Å². The first kappa shape index (κ1) is 32.8. The molecule has 0 aliphatic carbocycles. The largest absolute Gasteiger partial charge is 0.508 e. The van der Waals surface area contributed by atoms with Gasteiger partial charge in [0.15, 0.2) is 0 Å². The van der Waals surface area contributed by atoms with Gasteiger partial charge < -0.3 is 20.2 Å². The Labute approximate surface area is 275 Å². The molecule has 242 valence electrons. The van der Waals surface area contributed by atoms with Crippen LogP contribution in [0.3, 0.4) is 0 Å². The minimum Gasteiger partial charge on any atom is -0.508 e. The lowest BCUT2D eigenvalue weighted by atomic mass is 9.99. The number of amides is 4. The molecule has 4 amide bonds. The van der Waals surface area contributed by atoms with Crippen molar-refractivity contribution in [3.8, 4) is 18.1 Å². The van der Waals surface area contributed by atoms with Gasteiger partial charge in [-0.25, -0.2) is 10.6 Å². The number of hydrazine groups is 2. The molecule has 11 heteroatoms. The molecule has 2 atom stereocenters. The average Bonchev–Trinajstić information content (AvgIpc) is 3.40. The maximum Gasteiger partial charge on any atom is 0.332 e. The smallest absolute Gasteiger partial charge is 0.332 e. The molecule has 2 heterocycles. The van der Waals surface area contributed by atoms with Gasteiger partial charge in [-0.2, -0.15) is 5.01 Å². The zero-order valence-electron chi connectivity index (χ0n) is 26.2. The van der Waals surface area contributed by atoms with Crippen molar-refractivity contribution in [3.63, 3.8) is 0 Å². The second-order valence-corrected chi connectivity index (χ2v) is 11.4. The first-order valence-electron chi connectivity index (χ1n) is 15.3. The van der Waals surface area contributed by atoms with Gasteiger partial charge in [-0.1, -0.05) is 85.3 Å². The summed E-state index contributed by atoms with van der Waals surface area (Å²) in [4.78, 5) is 44.9. The molecule has 4 N–H and O–H groups in total. The maximum absolute atomic E-state index is 14.3. The number of nitrogens with one attached hydrogen (secondary N) is 1. The number of anilines is 1. The number of hydrogen-bond acceptors (Lipinski definition) is 7. The van der Waals surface area contributed by atoms with E-state index in [1.807, 2.05) is 48.5 Å². The minimum absolute atomic E-state index is 0.0968. The number of hydrogen-bond donors (Lipinski definition) is 3. The lowest BCUT2D eigenvalue weighted by molar-refractivity contribution is -0.157. The third-order valence-corrected chi connectivity index (χ3v) is 8.35. The number of nitrogens with zero attached hydrogens (tertiary/aromatic N) is 5. The molecule has 2 aliphatic heterocycles. The molecule has 0 spiro atoms. The van der Waals surface area contributed by atoms with Crippen molar-refractivity contribution < 1.29 is 19.5 Å². The molecule has 11 nitrogen and oxygen atoms in total. The van der Waals surface area contributed by atoms with E-state index in [1.165, 1.54) is 10.0 Å². The predicted octanol–water partition coefficient (Wildman–Crippen LogP) is 3.09. The monoisotopic (exact) mass is 633 g/mol. The van der Waals surface area contributed by atoms with Crippen LogP contribution in [-0.4, -0.2) is 81.2 Å². The lowest BCUT2D eigenvalue weighted by Gasteiger charge is -2.46. The Morgan fingerprint density at radius 1 is 1.06 bits per heavy atom. The number of benzene rings is 3. The fourth-order valence-corrected chi connectivity index (χ4v) is 6.17. The van der Waals surface area contributed by atoms with Crippen molar-refractivity contribution in [1.29, 1.82) is 0 Å². The van der Waals surface area contributed by atoms with Crippen molar-refractivity contribution in [2.45, 2.75) is 31.7 Å². The highest BCUT2D eigenvalue weighted by molar-refractivity contribution is 5.92. The third kappa shape index (κ3) is 7.14. The zero-order chi connectivity index (χ0) is 33.5. The van der Waals surface area contributed by atoms with Gasteiger partial charge in [0.25, 0.3) is 0 Å². The Kier molecular flexibility index (Phi) is 10.3. The van der Waals surface area contributed by atoms with Crippen molar-refractivity contribution in [2.24, 2.45) is 5.84 Å². The second kappa shape index (κ2) is 14.7. The van der Waals surface area contributed by atoms with Gasteiger partial charge >= 0.3 is 6.03 Å². The molecule has 0 radical (unpaired) electrons. The van der Waals surface area contributed by atoms with Gasteiger partial charge in [0.1, 0.15) is 18.0 Å². The molecule has 3 aromatic rings. The Balaban J connectivity index is 1.49. The first-order chi connectivity index (χ1) is 22.7. The van der Waals surface area contributed by atoms with E-state index in [2.05, 4.69) is 24.4 Å². The first-order valence-corrected chi connectivity index (χ1v) is 15.3. The number of para-hydroxylation sites is 1. The molecule has 0 saturated carbocycles. The molecule has 2 fully saturated rings. The number of fused-ring (bicyclic) bond motifs is 1. The number of carbonyl (C=O) groups excluding carboxylic acids is 3. The summed E-state index contributed by atoms with van der Waals surface area (Å²) >= 11 is 0. The molecule has 47 heavy (non-hydrogen) atoms. The molecule has 2 aliphatic rings. The van der Waals surface area contributed by atoms with E-state index in [1.54, 1.807) is 51.2 Å². The molecule has 0 unspecified atom stereocenters. The van der Waals surface area contributed by atoms with Gasteiger partial charge in [-0.05, 0) is 34.4 Å². The summed E-state index contributed by atoms with van der Waals surface area (Å²) in [6.07, 6.45) is 8.42. The van der Waals surface area contributed by atoms with Gasteiger partial charge in [0, 0.05) is 19.5 Å². The van der Waals surface area contributed by atoms with Gasteiger partial charge in [-0.15, -0.1) is 13.0 Å². The second-order valence-electron chi connectivity index (χ2n) is 11.4. The molecule has 0 bridgehead atoms. The fourth-order valence-electron chi connectivity index (χ4n) is 6.17. The van der Waals surface area contributed by atoms with Crippen LogP contribution in [0, 0.1) is 12.3 Å². The summed E-state index contributed by atoms with van der Waals surface area (Å²) in [5.41, 5.74) is 3.87. The van der Waals surface area contributed by atoms with Crippen LogP contribution in [0.4, 0.5) is 10.5 Å². The Morgan fingerprint density at radius 3 is 2.49 bits per heavy atom. The number of carbonyl (C=O) groups is 3. The number of terminal acetylenes is 1. The number of nitrogens with two attached hydrogens (primary N) is 1. The Bertz CT molecular complexity index is 1670. The summed E-state index contributed by atoms with van der Waals surface area (Å²) in [6.45, 7) is 8.56. The number of phenolic OH excluding ortho intramolecular Hbond substituents is 1. The molecule has 2 saturated heterocycles. The van der Waals surface area contributed by atoms with Crippen molar-refractivity contribution in [2.75, 3.05) is 31.2 Å². The van der Waals surface area contributed by atoms with E-state index in [0.29, 0.717) is 12.2 Å². The zero-order valence-corrected chi connectivity index (χ0v) is 26.2. The third-order valence-electron chi connectivity index (χ3n) is 8.35. The number of aromatic hydroxyl groups is 1. The number of piperazine rings is 1. The number of phenols is 1. The Morgan fingerprint density at radius 2 is 1.81 bits per heavy atom. The lowest BCUT2D eigenvalue weighted by Crippen LogP contribution is -2.66. The highest BCUT2D eigenvalue weighted by Crippen LogP contribution is 2.33. The standard InChI is InChI=1S/C36H39N7O4/c1-4-19-40(37)34-28(6-3)13-10-14-29(34)23-39-24-32-42(41(20-5-2)36(47)38-22-27-11-8-7-9-12-27)25-33(45)43(32)31(35(39)46)21-26-15-17-30(44)18-16-26/h1,5-18,31-32,44H,2-3,19-25,37H2,(H,38,47)/t31-,32+/m0/s1. The quantitative estimate of drug-likeness (QED) is 0.121. The van der Waals surface area contributed by atoms with Crippen molar-refractivity contribution in [3.05, 3.63) is 114 Å². The summed E-state index contributed by atoms with van der Waals surface area (Å²) in [6, 6.07) is 20.4. The van der Waals surface area contributed by atoms with Crippen molar-refractivity contribution in [1.82, 2.24) is 25.1 Å². The van der Waals surface area contributed by atoms with E-state index in [4.69, 9.17) is 12.3 Å². The van der Waals surface area contributed by atoms with Gasteiger partial charge in [0.2, 0.25) is 11.8 Å². The van der Waals surface area contributed by atoms with Gasteiger partial charge in [0.05, 0.1) is 31.9 Å². The molecular weight excluding hydrogens is 594 g/mol. The fraction of sp³-hybridized carbons (Fsp3) is 0.250. The summed E-state index contributed by atoms with van der Waals surface area (Å²) in [5, 5.41) is 17.4. The van der Waals surface area contributed by atoms with Crippen LogP contribution in [-0.2, 0) is 29.1 Å². The highest BCUT2D eigenvalue weighted by Gasteiger charge is 2.52. The topological polar surface area (TPSA) is 126 Å². The molecule has 5 rings (SSSR count). The summed E-state index contributed by atoms with van der Waals surface area (Å²) in [7, 11) is 0. The average molecular weight is 634 g/mol. The van der Waals surface area contributed by atoms with Gasteiger partial charge in [-0.3, -0.25) is 19.6 Å². The summed E-state index contributed by atoms with van der Waals surface area (Å²) in [5.74, 6) is 8.50. The van der Waals surface area contributed by atoms with E-state index < -0.39 is 18.2 Å². The van der Waals surface area contributed by atoms with Crippen LogP contribution in [0.25, 0.3) is 6.08 Å². The van der Waals surface area contributed by atoms with E-state index in [0.717, 1.165) is 22.3 Å². The minimum atomic E-state index is -0.862. The van der Waals surface area contributed by atoms with Crippen LogP contribution < -0.4 is 16.2 Å². The molecule has 3 aromatic carbocycles. The van der Waals surface area contributed by atoms with E-state index in [-0.39, 0.29) is 56.7 Å². The maximum atomic E-state index is 14.3. The van der Waals surface area contributed by atoms with Crippen LogP contribution in [0.1, 0.15) is 22.3 Å². The molecule has 0 aromatic heterocycles. The summed E-state index contributed by atoms with van der Waals surface area (Å²) < 4.78 is 0. The van der Waals surface area contributed by atoms with Crippen molar-refractivity contribution >= 4 is 29.6 Å². The van der Waals surface area contributed by atoms with Crippen LogP contribution in [0.15, 0.2) is 92.0 Å². The van der Waals surface area contributed by atoms with Crippen LogP contribution in [0.2, 0.25) is 0 Å². The van der Waals surface area contributed by atoms with Crippen LogP contribution in [0.5, 0.6) is 5.75 Å². The predicted molar refractivity (Wildman–Crippen MR) is 181 cm³/mol. The van der Waals surface area contributed by atoms with Crippen LogP contribution >= 0.6 is 0 Å². The Hall–Kier alpha value is -5.57.